The van der Waals surface area contributed by atoms with E-state index in [9.17, 15) is 9.59 Å². The molecule has 1 unspecified atom stereocenters. The van der Waals surface area contributed by atoms with Crippen LogP contribution < -0.4 is 9.64 Å². The average Bonchev–Trinajstić information content (AvgIpc) is 2.43. The van der Waals surface area contributed by atoms with E-state index < -0.39 is 6.10 Å². The number of ether oxygens (including phenoxy) is 2. The molecule has 0 saturated carbocycles. The Labute approximate surface area is 118 Å². The highest BCUT2D eigenvalue weighted by Gasteiger charge is 2.25. The first-order valence-electron chi connectivity index (χ1n) is 6.76. The van der Waals surface area contributed by atoms with Gasteiger partial charge < -0.3 is 14.4 Å². The number of rotatable bonds is 4. The van der Waals surface area contributed by atoms with Gasteiger partial charge in [0.2, 0.25) is 5.91 Å². The molecule has 0 saturated heterocycles. The van der Waals surface area contributed by atoms with E-state index in [1.807, 2.05) is 18.2 Å². The molecule has 1 heterocycles. The molecule has 108 valence electrons. The molecule has 0 bridgehead atoms. The van der Waals surface area contributed by atoms with Crippen molar-refractivity contribution in [3.05, 3.63) is 23.8 Å². The minimum Gasteiger partial charge on any atom is -0.479 e. The molecule has 5 heteroatoms. The Kier molecular flexibility index (Phi) is 4.27. The zero-order chi connectivity index (χ0) is 14.7. The predicted octanol–water partition coefficient (Wildman–Crippen LogP) is 1.93. The number of anilines is 1. The second-order valence-electron chi connectivity index (χ2n) is 4.72. The van der Waals surface area contributed by atoms with Crippen LogP contribution in [0.3, 0.4) is 0 Å². The van der Waals surface area contributed by atoms with Crippen molar-refractivity contribution in [2.75, 3.05) is 18.6 Å². The standard InChI is InChI=1S/C15H19NO4/c1-4-19-15(18)10(2)20-13-7-5-6-12-11(13)8-9-14(17)16(12)3/h5-7,10H,4,8-9H2,1-3H3. The van der Waals surface area contributed by atoms with Gasteiger partial charge in [-0.3, -0.25) is 4.79 Å². The van der Waals surface area contributed by atoms with Crippen LogP contribution in [0.5, 0.6) is 5.75 Å². The molecule has 0 fully saturated rings. The molecule has 1 aromatic carbocycles. The van der Waals surface area contributed by atoms with E-state index in [0.717, 1.165) is 11.3 Å². The highest BCUT2D eigenvalue weighted by molar-refractivity contribution is 5.96. The molecular weight excluding hydrogens is 258 g/mol. The fourth-order valence-corrected chi connectivity index (χ4v) is 2.26. The van der Waals surface area contributed by atoms with Gasteiger partial charge in [0.15, 0.2) is 6.10 Å². The van der Waals surface area contributed by atoms with Crippen molar-refractivity contribution in [3.63, 3.8) is 0 Å². The summed E-state index contributed by atoms with van der Waals surface area (Å²) in [7, 11) is 1.75. The number of benzene rings is 1. The number of fused-ring (bicyclic) bond motifs is 1. The first kappa shape index (κ1) is 14.4. The smallest absolute Gasteiger partial charge is 0.347 e. The lowest BCUT2D eigenvalue weighted by atomic mass is 10.0. The number of nitrogens with zero attached hydrogens (tertiary/aromatic N) is 1. The van der Waals surface area contributed by atoms with Crippen LogP contribution in [0.1, 0.15) is 25.8 Å². The van der Waals surface area contributed by atoms with Gasteiger partial charge in [-0.05, 0) is 32.4 Å². The molecule has 20 heavy (non-hydrogen) atoms. The van der Waals surface area contributed by atoms with Crippen molar-refractivity contribution in [1.29, 1.82) is 0 Å². The Balaban J connectivity index is 2.22. The zero-order valence-corrected chi connectivity index (χ0v) is 12.0. The van der Waals surface area contributed by atoms with Crippen LogP contribution in [-0.2, 0) is 20.7 Å². The summed E-state index contributed by atoms with van der Waals surface area (Å²) in [4.78, 5) is 24.9. The minimum absolute atomic E-state index is 0.0908. The maximum absolute atomic E-state index is 11.7. The van der Waals surface area contributed by atoms with E-state index in [0.29, 0.717) is 25.2 Å². The molecule has 1 aliphatic rings. The molecular formula is C15H19NO4. The number of hydrogen-bond acceptors (Lipinski definition) is 4. The van der Waals surface area contributed by atoms with Gasteiger partial charge in [0.1, 0.15) is 5.75 Å². The Morgan fingerprint density at radius 3 is 2.85 bits per heavy atom. The number of carbonyl (C=O) groups excluding carboxylic acids is 2. The maximum atomic E-state index is 11.7. The highest BCUT2D eigenvalue weighted by Crippen LogP contribution is 2.34. The summed E-state index contributed by atoms with van der Waals surface area (Å²) in [6.45, 7) is 3.75. The fraction of sp³-hybridized carbons (Fsp3) is 0.467. The maximum Gasteiger partial charge on any atom is 0.347 e. The number of esters is 1. The van der Waals surface area contributed by atoms with Crippen LogP contribution in [0.15, 0.2) is 18.2 Å². The molecule has 1 aromatic rings. The third kappa shape index (κ3) is 2.76. The van der Waals surface area contributed by atoms with Crippen molar-refractivity contribution in [2.45, 2.75) is 32.8 Å². The summed E-state index contributed by atoms with van der Waals surface area (Å²) in [6, 6.07) is 5.52. The van der Waals surface area contributed by atoms with E-state index >= 15 is 0 Å². The van der Waals surface area contributed by atoms with Crippen molar-refractivity contribution in [2.24, 2.45) is 0 Å². The Hall–Kier alpha value is -2.04. The first-order valence-corrected chi connectivity index (χ1v) is 6.76. The average molecular weight is 277 g/mol. The van der Waals surface area contributed by atoms with Gasteiger partial charge in [0.25, 0.3) is 0 Å². The number of hydrogen-bond donors (Lipinski definition) is 0. The van der Waals surface area contributed by atoms with E-state index in [4.69, 9.17) is 9.47 Å². The first-order chi connectivity index (χ1) is 9.54. The third-order valence-electron chi connectivity index (χ3n) is 3.35. The van der Waals surface area contributed by atoms with Gasteiger partial charge in [-0.25, -0.2) is 4.79 Å². The highest BCUT2D eigenvalue weighted by atomic mass is 16.6. The molecule has 0 aliphatic carbocycles. The van der Waals surface area contributed by atoms with Crippen LogP contribution in [0.4, 0.5) is 5.69 Å². The van der Waals surface area contributed by atoms with Crippen molar-refractivity contribution < 1.29 is 19.1 Å². The summed E-state index contributed by atoms with van der Waals surface area (Å²) < 4.78 is 10.6. The van der Waals surface area contributed by atoms with Gasteiger partial charge in [-0.2, -0.15) is 0 Å². The molecule has 0 N–H and O–H groups in total. The lowest BCUT2D eigenvalue weighted by molar-refractivity contribution is -0.150. The van der Waals surface area contributed by atoms with Crippen LogP contribution >= 0.6 is 0 Å². The second kappa shape index (κ2) is 5.94. The normalized spacial score (nSPS) is 15.6. The summed E-state index contributed by atoms with van der Waals surface area (Å²) >= 11 is 0. The summed E-state index contributed by atoms with van der Waals surface area (Å²) in [5.74, 6) is 0.348. The molecule has 1 aliphatic heterocycles. The predicted molar refractivity (Wildman–Crippen MR) is 74.9 cm³/mol. The Bertz CT molecular complexity index is 527. The van der Waals surface area contributed by atoms with Crippen molar-refractivity contribution >= 4 is 17.6 Å². The lowest BCUT2D eigenvalue weighted by Gasteiger charge is -2.27. The van der Waals surface area contributed by atoms with Gasteiger partial charge in [0.05, 0.1) is 12.3 Å². The van der Waals surface area contributed by atoms with Gasteiger partial charge >= 0.3 is 5.97 Å². The van der Waals surface area contributed by atoms with E-state index in [-0.39, 0.29) is 11.9 Å². The van der Waals surface area contributed by atoms with Gasteiger partial charge in [-0.1, -0.05) is 6.07 Å². The van der Waals surface area contributed by atoms with Crippen LogP contribution in [0.25, 0.3) is 0 Å². The Morgan fingerprint density at radius 2 is 2.15 bits per heavy atom. The van der Waals surface area contributed by atoms with Crippen molar-refractivity contribution in [1.82, 2.24) is 0 Å². The second-order valence-corrected chi connectivity index (χ2v) is 4.72. The van der Waals surface area contributed by atoms with Crippen LogP contribution in [-0.4, -0.2) is 31.6 Å². The van der Waals surface area contributed by atoms with E-state index in [1.54, 1.807) is 25.8 Å². The van der Waals surface area contributed by atoms with Crippen LogP contribution in [0, 0.1) is 0 Å². The monoisotopic (exact) mass is 277 g/mol. The number of amides is 1. The summed E-state index contributed by atoms with van der Waals surface area (Å²) in [5, 5.41) is 0. The fourth-order valence-electron chi connectivity index (χ4n) is 2.26. The SMILES string of the molecule is CCOC(=O)C(C)Oc1cccc2c1CCC(=O)N2C. The molecule has 0 spiro atoms. The van der Waals surface area contributed by atoms with Gasteiger partial charge in [-0.15, -0.1) is 0 Å². The van der Waals surface area contributed by atoms with E-state index in [2.05, 4.69) is 0 Å². The molecule has 1 amide bonds. The molecule has 1 atom stereocenters. The zero-order valence-electron chi connectivity index (χ0n) is 12.0. The lowest BCUT2D eigenvalue weighted by Crippen LogP contribution is -2.32. The van der Waals surface area contributed by atoms with Crippen LogP contribution in [0.2, 0.25) is 0 Å². The minimum atomic E-state index is -0.663. The van der Waals surface area contributed by atoms with Crippen molar-refractivity contribution in [3.8, 4) is 5.75 Å². The molecule has 0 radical (unpaired) electrons. The van der Waals surface area contributed by atoms with E-state index in [1.165, 1.54) is 0 Å². The quantitative estimate of drug-likeness (QED) is 0.789. The summed E-state index contributed by atoms with van der Waals surface area (Å²) in [6.07, 6.45) is 0.423. The summed E-state index contributed by atoms with van der Waals surface area (Å²) in [5.41, 5.74) is 1.81. The third-order valence-corrected chi connectivity index (χ3v) is 3.35. The topological polar surface area (TPSA) is 55.8 Å². The number of carbonyl (C=O) groups is 2. The molecule has 5 nitrogen and oxygen atoms in total. The van der Waals surface area contributed by atoms with Gasteiger partial charge in [0, 0.05) is 19.0 Å². The largest absolute Gasteiger partial charge is 0.479 e. The molecule has 2 rings (SSSR count). The molecule has 0 aromatic heterocycles. The Morgan fingerprint density at radius 1 is 1.40 bits per heavy atom.